The zero-order valence-corrected chi connectivity index (χ0v) is 19.2. The van der Waals surface area contributed by atoms with Gasteiger partial charge in [-0.25, -0.2) is 4.98 Å². The standard InChI is InChI=1S/C27H30N4O2/c1-17(2)25-16-31(11-12-33-25)22-6-3-18(4-7-22)21-14-24(26(28)30-15-21)19-5-8-23-20(13-19)9-10-29-27(23)32/h3-8,13-15,17,25H,9-12,16H2,1-2H3,(H2,28,30)(H,29,32)/t25-/m0/s1. The molecule has 3 aromatic rings. The summed E-state index contributed by atoms with van der Waals surface area (Å²) in [7, 11) is 0. The summed E-state index contributed by atoms with van der Waals surface area (Å²) < 4.78 is 5.91. The number of hydrogen-bond donors (Lipinski definition) is 2. The lowest BCUT2D eigenvalue weighted by molar-refractivity contribution is 0.0114. The summed E-state index contributed by atoms with van der Waals surface area (Å²) in [6, 6.07) is 16.6. The lowest BCUT2D eigenvalue weighted by Crippen LogP contribution is -2.44. The predicted molar refractivity (Wildman–Crippen MR) is 132 cm³/mol. The maximum absolute atomic E-state index is 12.1. The number of fused-ring (bicyclic) bond motifs is 1. The SMILES string of the molecule is CC(C)[C@@H]1CN(c2ccc(-c3cnc(N)c(-c4ccc5c(c4)CCNC5=O)c3)cc2)CCO1. The van der Waals surface area contributed by atoms with Crippen molar-refractivity contribution in [2.24, 2.45) is 5.92 Å². The van der Waals surface area contributed by atoms with Crippen LogP contribution in [0.4, 0.5) is 11.5 Å². The van der Waals surface area contributed by atoms with Crippen LogP contribution in [0.2, 0.25) is 0 Å². The molecule has 0 radical (unpaired) electrons. The molecule has 0 bridgehead atoms. The Labute approximate surface area is 194 Å². The molecule has 3 N–H and O–H groups in total. The number of hydrogen-bond acceptors (Lipinski definition) is 5. The van der Waals surface area contributed by atoms with Crippen molar-refractivity contribution in [2.75, 3.05) is 36.9 Å². The van der Waals surface area contributed by atoms with Crippen LogP contribution in [-0.4, -0.2) is 43.2 Å². The van der Waals surface area contributed by atoms with E-state index in [1.807, 2.05) is 18.3 Å². The van der Waals surface area contributed by atoms with E-state index < -0.39 is 0 Å². The van der Waals surface area contributed by atoms with Gasteiger partial charge in [0.15, 0.2) is 0 Å². The fraction of sp³-hybridized carbons (Fsp3) is 0.333. The average Bonchev–Trinajstić information content (AvgIpc) is 2.84. The molecule has 1 amide bonds. The van der Waals surface area contributed by atoms with Crippen LogP contribution in [0.25, 0.3) is 22.3 Å². The van der Waals surface area contributed by atoms with E-state index in [0.717, 1.165) is 59.5 Å². The first-order valence-corrected chi connectivity index (χ1v) is 11.6. The maximum Gasteiger partial charge on any atom is 0.251 e. The van der Waals surface area contributed by atoms with Crippen molar-refractivity contribution in [1.82, 2.24) is 10.3 Å². The maximum atomic E-state index is 12.1. The van der Waals surface area contributed by atoms with Gasteiger partial charge in [0.05, 0.1) is 12.7 Å². The fourth-order valence-corrected chi connectivity index (χ4v) is 4.64. The number of aromatic nitrogens is 1. The molecule has 1 atom stereocenters. The summed E-state index contributed by atoms with van der Waals surface area (Å²) in [5.74, 6) is 0.982. The highest BCUT2D eigenvalue weighted by molar-refractivity contribution is 5.97. The fourth-order valence-electron chi connectivity index (χ4n) is 4.64. The lowest BCUT2D eigenvalue weighted by atomic mass is 9.94. The number of rotatable bonds is 4. The number of nitrogens with zero attached hydrogens (tertiary/aromatic N) is 2. The first-order chi connectivity index (χ1) is 16.0. The van der Waals surface area contributed by atoms with Crippen molar-refractivity contribution in [1.29, 1.82) is 0 Å². The molecule has 0 unspecified atom stereocenters. The van der Waals surface area contributed by atoms with Crippen LogP contribution in [0.5, 0.6) is 0 Å². The molecule has 170 valence electrons. The summed E-state index contributed by atoms with van der Waals surface area (Å²) >= 11 is 0. The van der Waals surface area contributed by atoms with Gasteiger partial charge in [-0.2, -0.15) is 0 Å². The van der Waals surface area contributed by atoms with Crippen molar-refractivity contribution >= 4 is 17.4 Å². The molecule has 0 saturated carbocycles. The van der Waals surface area contributed by atoms with Crippen molar-refractivity contribution < 1.29 is 9.53 Å². The van der Waals surface area contributed by atoms with E-state index in [-0.39, 0.29) is 12.0 Å². The lowest BCUT2D eigenvalue weighted by Gasteiger charge is -2.36. The van der Waals surface area contributed by atoms with E-state index in [9.17, 15) is 4.79 Å². The largest absolute Gasteiger partial charge is 0.383 e. The van der Waals surface area contributed by atoms with Crippen LogP contribution < -0.4 is 16.0 Å². The third-order valence-corrected chi connectivity index (χ3v) is 6.66. The van der Waals surface area contributed by atoms with Crippen LogP contribution >= 0.6 is 0 Å². The van der Waals surface area contributed by atoms with Gasteiger partial charge in [-0.3, -0.25) is 4.79 Å². The van der Waals surface area contributed by atoms with Gasteiger partial charge >= 0.3 is 0 Å². The van der Waals surface area contributed by atoms with Crippen LogP contribution in [0.3, 0.4) is 0 Å². The second-order valence-electron chi connectivity index (χ2n) is 9.18. The molecule has 1 fully saturated rings. The molecule has 2 aliphatic rings. The zero-order chi connectivity index (χ0) is 22.9. The minimum Gasteiger partial charge on any atom is -0.383 e. The molecule has 1 saturated heterocycles. The average molecular weight is 443 g/mol. The Bertz CT molecular complexity index is 1170. The number of morpholine rings is 1. The van der Waals surface area contributed by atoms with Crippen LogP contribution in [0.15, 0.2) is 54.7 Å². The number of pyridine rings is 1. The predicted octanol–water partition coefficient (Wildman–Crippen LogP) is 4.14. The van der Waals surface area contributed by atoms with Crippen LogP contribution in [0, 0.1) is 5.92 Å². The quantitative estimate of drug-likeness (QED) is 0.635. The first-order valence-electron chi connectivity index (χ1n) is 11.6. The molecular weight excluding hydrogens is 412 g/mol. The summed E-state index contributed by atoms with van der Waals surface area (Å²) in [5, 5.41) is 2.89. The van der Waals surface area contributed by atoms with Gasteiger partial charge in [0.2, 0.25) is 0 Å². The molecule has 3 heterocycles. The third-order valence-electron chi connectivity index (χ3n) is 6.66. The van der Waals surface area contributed by atoms with Gasteiger partial charge < -0.3 is 20.7 Å². The van der Waals surface area contributed by atoms with Gasteiger partial charge in [0.25, 0.3) is 5.91 Å². The highest BCUT2D eigenvalue weighted by Gasteiger charge is 2.23. The number of ether oxygens (including phenoxy) is 1. The molecule has 6 nitrogen and oxygen atoms in total. The van der Waals surface area contributed by atoms with E-state index in [1.54, 1.807) is 0 Å². The smallest absolute Gasteiger partial charge is 0.251 e. The van der Waals surface area contributed by atoms with Gasteiger partial charge in [-0.15, -0.1) is 0 Å². The van der Waals surface area contributed by atoms with E-state index >= 15 is 0 Å². The Morgan fingerprint density at radius 1 is 1.06 bits per heavy atom. The Kier molecular flexibility index (Phi) is 5.77. The number of nitrogens with one attached hydrogen (secondary N) is 1. The molecule has 33 heavy (non-hydrogen) atoms. The topological polar surface area (TPSA) is 80.5 Å². The number of nitrogens with two attached hydrogens (primary N) is 1. The molecule has 2 aliphatic heterocycles. The first kappa shape index (κ1) is 21.5. The summed E-state index contributed by atoms with van der Waals surface area (Å²) in [4.78, 5) is 18.9. The summed E-state index contributed by atoms with van der Waals surface area (Å²) in [5.41, 5.74) is 13.2. The van der Waals surface area contributed by atoms with Gasteiger partial charge in [-0.1, -0.05) is 38.1 Å². The summed E-state index contributed by atoms with van der Waals surface area (Å²) in [6.07, 6.45) is 2.91. The minimum atomic E-state index is -0.0114. The van der Waals surface area contributed by atoms with Gasteiger partial charge in [0, 0.05) is 48.2 Å². The highest BCUT2D eigenvalue weighted by Crippen LogP contribution is 2.32. The van der Waals surface area contributed by atoms with Gasteiger partial charge in [0.1, 0.15) is 5.82 Å². The van der Waals surface area contributed by atoms with E-state index in [4.69, 9.17) is 10.5 Å². The molecule has 6 heteroatoms. The van der Waals surface area contributed by atoms with Crippen molar-refractivity contribution in [2.45, 2.75) is 26.4 Å². The Morgan fingerprint density at radius 3 is 2.64 bits per heavy atom. The van der Waals surface area contributed by atoms with Crippen LogP contribution in [-0.2, 0) is 11.2 Å². The van der Waals surface area contributed by atoms with Crippen molar-refractivity contribution in [3.8, 4) is 22.3 Å². The van der Waals surface area contributed by atoms with Crippen molar-refractivity contribution in [3.63, 3.8) is 0 Å². The normalized spacial score (nSPS) is 18.2. The third kappa shape index (κ3) is 4.31. The second-order valence-corrected chi connectivity index (χ2v) is 9.18. The number of amides is 1. The van der Waals surface area contributed by atoms with Gasteiger partial charge in [-0.05, 0) is 53.3 Å². The monoisotopic (exact) mass is 442 g/mol. The zero-order valence-electron chi connectivity index (χ0n) is 19.2. The van der Waals surface area contributed by atoms with Crippen molar-refractivity contribution in [3.05, 3.63) is 65.9 Å². The second kappa shape index (κ2) is 8.87. The molecule has 2 aromatic carbocycles. The number of carbonyl (C=O) groups is 1. The van der Waals surface area contributed by atoms with E-state index in [2.05, 4.69) is 65.4 Å². The number of carbonyl (C=O) groups excluding carboxylic acids is 1. The summed E-state index contributed by atoms with van der Waals surface area (Å²) in [6.45, 7) is 7.67. The Balaban J connectivity index is 1.41. The van der Waals surface area contributed by atoms with Crippen LogP contribution in [0.1, 0.15) is 29.8 Å². The Morgan fingerprint density at radius 2 is 1.85 bits per heavy atom. The number of anilines is 2. The van der Waals surface area contributed by atoms with E-state index in [1.165, 1.54) is 5.69 Å². The Hall–Kier alpha value is -3.38. The molecule has 0 aliphatic carbocycles. The molecule has 5 rings (SSSR count). The molecule has 1 aromatic heterocycles. The number of nitrogen functional groups attached to an aromatic ring is 1. The molecule has 0 spiro atoms. The highest BCUT2D eigenvalue weighted by atomic mass is 16.5. The molecular formula is C27H30N4O2. The minimum absolute atomic E-state index is 0.0114. The van der Waals surface area contributed by atoms with E-state index in [0.29, 0.717) is 18.3 Å². The number of benzene rings is 2.